The van der Waals surface area contributed by atoms with Gasteiger partial charge < -0.3 is 14.5 Å². The van der Waals surface area contributed by atoms with Gasteiger partial charge in [0.15, 0.2) is 5.16 Å². The smallest absolute Gasteiger partial charge is 0.254 e. The Morgan fingerprint density at radius 2 is 1.90 bits per heavy atom. The third-order valence-electron chi connectivity index (χ3n) is 5.23. The van der Waals surface area contributed by atoms with Crippen molar-refractivity contribution in [2.75, 3.05) is 44.3 Å². The largest absolute Gasteiger partial charge is 0.378 e. The standard InChI is InChI=1S/C23H32N4O2S/c1-5-26(6-2)21-15-20(17(3)4)24-23(25-21)30-16-18-8-7-9-19(14-18)22(28)27-10-12-29-13-11-27/h7-9,14-15,17H,5-6,10-13,16H2,1-4H3. The van der Waals surface area contributed by atoms with Crippen LogP contribution in [0.1, 0.15) is 55.2 Å². The van der Waals surface area contributed by atoms with Crippen molar-refractivity contribution in [3.8, 4) is 0 Å². The number of hydrogen-bond donors (Lipinski definition) is 0. The summed E-state index contributed by atoms with van der Waals surface area (Å²) in [4.78, 5) is 26.4. The fourth-order valence-electron chi connectivity index (χ4n) is 3.39. The number of benzene rings is 1. The minimum atomic E-state index is 0.0759. The second-order valence-corrected chi connectivity index (χ2v) is 8.60. The molecule has 1 aromatic heterocycles. The Morgan fingerprint density at radius 3 is 2.57 bits per heavy atom. The molecule has 1 aromatic carbocycles. The highest BCUT2D eigenvalue weighted by molar-refractivity contribution is 7.98. The number of amides is 1. The predicted octanol–water partition coefficient (Wildman–Crippen LogP) is 4.21. The van der Waals surface area contributed by atoms with Gasteiger partial charge in [-0.2, -0.15) is 0 Å². The Kier molecular flexibility index (Phi) is 8.10. The maximum Gasteiger partial charge on any atom is 0.254 e. The lowest BCUT2D eigenvalue weighted by molar-refractivity contribution is 0.0303. The number of hydrogen-bond acceptors (Lipinski definition) is 6. The van der Waals surface area contributed by atoms with Crippen LogP contribution in [-0.4, -0.2) is 60.2 Å². The summed E-state index contributed by atoms with van der Waals surface area (Å²) < 4.78 is 5.35. The first-order valence-electron chi connectivity index (χ1n) is 10.7. The Balaban J connectivity index is 1.74. The summed E-state index contributed by atoms with van der Waals surface area (Å²) in [5.74, 6) is 2.13. The molecule has 0 radical (unpaired) electrons. The van der Waals surface area contributed by atoms with E-state index in [2.05, 4.69) is 44.7 Å². The van der Waals surface area contributed by atoms with Crippen LogP contribution in [0.4, 0.5) is 5.82 Å². The number of anilines is 1. The molecule has 3 rings (SSSR count). The van der Waals surface area contributed by atoms with E-state index in [1.807, 2.05) is 23.1 Å². The number of carbonyl (C=O) groups excluding carboxylic acids is 1. The zero-order valence-corrected chi connectivity index (χ0v) is 19.2. The first kappa shape index (κ1) is 22.6. The van der Waals surface area contributed by atoms with E-state index in [1.54, 1.807) is 11.8 Å². The zero-order chi connectivity index (χ0) is 21.5. The highest BCUT2D eigenvalue weighted by Crippen LogP contribution is 2.26. The summed E-state index contributed by atoms with van der Waals surface area (Å²) in [7, 11) is 0. The third-order valence-corrected chi connectivity index (χ3v) is 6.15. The molecule has 0 bridgehead atoms. The monoisotopic (exact) mass is 428 g/mol. The van der Waals surface area contributed by atoms with E-state index in [-0.39, 0.29) is 5.91 Å². The number of rotatable bonds is 8. The van der Waals surface area contributed by atoms with E-state index in [0.717, 1.165) is 46.6 Å². The van der Waals surface area contributed by atoms with Crippen LogP contribution in [0, 0.1) is 0 Å². The summed E-state index contributed by atoms with van der Waals surface area (Å²) in [6.45, 7) is 13.0. The maximum absolute atomic E-state index is 12.8. The van der Waals surface area contributed by atoms with Gasteiger partial charge in [0.05, 0.1) is 13.2 Å². The van der Waals surface area contributed by atoms with E-state index >= 15 is 0 Å². The first-order valence-corrected chi connectivity index (χ1v) is 11.7. The molecule has 7 heteroatoms. The van der Waals surface area contributed by atoms with Crippen molar-refractivity contribution >= 4 is 23.5 Å². The molecule has 0 aliphatic carbocycles. The molecular formula is C23H32N4O2S. The lowest BCUT2D eigenvalue weighted by atomic mass is 10.1. The van der Waals surface area contributed by atoms with Gasteiger partial charge in [-0.05, 0) is 37.5 Å². The molecule has 162 valence electrons. The molecule has 1 aliphatic heterocycles. The average Bonchev–Trinajstić information content (AvgIpc) is 2.78. The van der Waals surface area contributed by atoms with Gasteiger partial charge in [-0.3, -0.25) is 4.79 Å². The van der Waals surface area contributed by atoms with Crippen molar-refractivity contribution in [2.24, 2.45) is 0 Å². The molecule has 30 heavy (non-hydrogen) atoms. The van der Waals surface area contributed by atoms with E-state index in [4.69, 9.17) is 14.7 Å². The first-order chi connectivity index (χ1) is 14.5. The minimum absolute atomic E-state index is 0.0759. The molecule has 0 atom stereocenters. The van der Waals surface area contributed by atoms with Crippen molar-refractivity contribution in [3.63, 3.8) is 0 Å². The van der Waals surface area contributed by atoms with E-state index in [0.29, 0.717) is 32.2 Å². The number of ether oxygens (including phenoxy) is 1. The van der Waals surface area contributed by atoms with Gasteiger partial charge >= 0.3 is 0 Å². The second-order valence-electron chi connectivity index (χ2n) is 7.65. The van der Waals surface area contributed by atoms with Crippen LogP contribution >= 0.6 is 11.8 Å². The number of aromatic nitrogens is 2. The van der Waals surface area contributed by atoms with Gasteiger partial charge in [-0.25, -0.2) is 9.97 Å². The quantitative estimate of drug-likeness (QED) is 0.464. The summed E-state index contributed by atoms with van der Waals surface area (Å²) in [6, 6.07) is 9.99. The van der Waals surface area contributed by atoms with Gasteiger partial charge in [0, 0.05) is 49.3 Å². The Morgan fingerprint density at radius 1 is 1.17 bits per heavy atom. The van der Waals surface area contributed by atoms with Crippen LogP contribution in [0.2, 0.25) is 0 Å². The highest BCUT2D eigenvalue weighted by atomic mass is 32.2. The van der Waals surface area contributed by atoms with Crippen molar-refractivity contribution in [1.29, 1.82) is 0 Å². The molecule has 1 amide bonds. The number of nitrogens with zero attached hydrogens (tertiary/aromatic N) is 4. The normalized spacial score (nSPS) is 14.2. The van der Waals surface area contributed by atoms with Gasteiger partial charge in [-0.1, -0.05) is 37.7 Å². The predicted molar refractivity (Wildman–Crippen MR) is 122 cm³/mol. The van der Waals surface area contributed by atoms with E-state index in [1.165, 1.54) is 0 Å². The summed E-state index contributed by atoms with van der Waals surface area (Å²) in [6.07, 6.45) is 0. The van der Waals surface area contributed by atoms with Crippen LogP contribution in [-0.2, 0) is 10.5 Å². The van der Waals surface area contributed by atoms with Crippen molar-refractivity contribution in [2.45, 2.75) is 44.5 Å². The average molecular weight is 429 g/mol. The molecular weight excluding hydrogens is 396 g/mol. The van der Waals surface area contributed by atoms with Crippen LogP contribution in [0.5, 0.6) is 0 Å². The number of thioether (sulfide) groups is 1. The molecule has 0 spiro atoms. The van der Waals surface area contributed by atoms with Crippen LogP contribution < -0.4 is 4.90 Å². The van der Waals surface area contributed by atoms with Gasteiger partial charge in [0.25, 0.3) is 5.91 Å². The summed E-state index contributed by atoms with van der Waals surface area (Å²) >= 11 is 1.62. The van der Waals surface area contributed by atoms with Crippen LogP contribution in [0.3, 0.4) is 0 Å². The molecule has 2 heterocycles. The lowest BCUT2D eigenvalue weighted by Gasteiger charge is -2.27. The van der Waals surface area contributed by atoms with Gasteiger partial charge in [-0.15, -0.1) is 0 Å². The lowest BCUT2D eigenvalue weighted by Crippen LogP contribution is -2.40. The fourth-order valence-corrected chi connectivity index (χ4v) is 4.19. The SMILES string of the molecule is CCN(CC)c1cc(C(C)C)nc(SCc2cccc(C(=O)N3CCOCC3)c2)n1. The van der Waals surface area contributed by atoms with Crippen LogP contribution in [0.25, 0.3) is 0 Å². The van der Waals surface area contributed by atoms with E-state index in [9.17, 15) is 4.79 Å². The molecule has 2 aromatic rings. The summed E-state index contributed by atoms with van der Waals surface area (Å²) in [5.41, 5.74) is 2.89. The molecule has 1 aliphatic rings. The Hall–Kier alpha value is -2.12. The maximum atomic E-state index is 12.8. The van der Waals surface area contributed by atoms with Gasteiger partial charge in [0.1, 0.15) is 5.82 Å². The van der Waals surface area contributed by atoms with E-state index < -0.39 is 0 Å². The summed E-state index contributed by atoms with van der Waals surface area (Å²) in [5, 5.41) is 0.785. The molecule has 0 saturated carbocycles. The second kappa shape index (κ2) is 10.8. The molecule has 0 unspecified atom stereocenters. The van der Waals surface area contributed by atoms with Crippen LogP contribution in [0.15, 0.2) is 35.5 Å². The molecule has 1 fully saturated rings. The Labute approximate surface area is 184 Å². The van der Waals surface area contributed by atoms with Crippen molar-refractivity contribution < 1.29 is 9.53 Å². The van der Waals surface area contributed by atoms with Gasteiger partial charge in [0.2, 0.25) is 0 Å². The third kappa shape index (κ3) is 5.73. The zero-order valence-electron chi connectivity index (χ0n) is 18.4. The fraction of sp³-hybridized carbons (Fsp3) is 0.522. The molecule has 0 N–H and O–H groups in total. The van der Waals surface area contributed by atoms with Crippen molar-refractivity contribution in [3.05, 3.63) is 47.2 Å². The molecule has 6 nitrogen and oxygen atoms in total. The van der Waals surface area contributed by atoms with Crippen molar-refractivity contribution in [1.82, 2.24) is 14.9 Å². The highest BCUT2D eigenvalue weighted by Gasteiger charge is 2.19. The number of carbonyl (C=O) groups is 1. The topological polar surface area (TPSA) is 58.6 Å². The molecule has 1 saturated heterocycles. The number of morpholine rings is 1. The minimum Gasteiger partial charge on any atom is -0.378 e. The Bertz CT molecular complexity index is 849.